The van der Waals surface area contributed by atoms with E-state index in [0.717, 1.165) is 37.2 Å². The van der Waals surface area contributed by atoms with Crippen molar-refractivity contribution in [3.05, 3.63) is 29.8 Å². The number of pyridine rings is 1. The van der Waals surface area contributed by atoms with Gasteiger partial charge in [0.15, 0.2) is 0 Å². The Hall–Kier alpha value is -0.650. The highest BCUT2D eigenvalue weighted by atomic mass is 32.2. The molecule has 3 heterocycles. The molecule has 0 radical (unpaired) electrons. The van der Waals surface area contributed by atoms with Crippen molar-refractivity contribution in [1.82, 2.24) is 10.3 Å². The van der Waals surface area contributed by atoms with E-state index >= 15 is 0 Å². The molecule has 2 saturated heterocycles. The van der Waals surface area contributed by atoms with Crippen molar-refractivity contribution in [2.75, 3.05) is 25.2 Å². The zero-order valence-corrected chi connectivity index (χ0v) is 12.6. The maximum atomic E-state index is 13.4. The summed E-state index contributed by atoms with van der Waals surface area (Å²) in [6, 6.07) is 1.75. The Bertz CT molecular complexity index is 465. The fraction of sp³-hybridized carbons (Fsp3) is 0.667. The van der Waals surface area contributed by atoms with Crippen LogP contribution in [-0.4, -0.2) is 35.7 Å². The van der Waals surface area contributed by atoms with E-state index in [9.17, 15) is 4.39 Å². The van der Waals surface area contributed by atoms with Crippen LogP contribution in [0.2, 0.25) is 0 Å². The minimum Gasteiger partial charge on any atom is -0.374 e. The lowest BCUT2D eigenvalue weighted by molar-refractivity contribution is -0.0850. The Morgan fingerprint density at radius 3 is 3.15 bits per heavy atom. The first kappa shape index (κ1) is 14.3. The Morgan fingerprint density at radius 1 is 1.55 bits per heavy atom. The monoisotopic (exact) mass is 296 g/mol. The van der Waals surface area contributed by atoms with Gasteiger partial charge in [-0.25, -0.2) is 4.39 Å². The molecule has 1 spiro atoms. The van der Waals surface area contributed by atoms with Gasteiger partial charge < -0.3 is 10.1 Å². The van der Waals surface area contributed by atoms with Gasteiger partial charge in [0, 0.05) is 24.6 Å². The first-order chi connectivity index (χ1) is 9.72. The highest BCUT2D eigenvalue weighted by Gasteiger charge is 2.42. The van der Waals surface area contributed by atoms with Gasteiger partial charge in [0.2, 0.25) is 0 Å². The van der Waals surface area contributed by atoms with Crippen molar-refractivity contribution < 1.29 is 9.13 Å². The molecule has 3 unspecified atom stereocenters. The molecular formula is C15H21FN2OS. The third-order valence-corrected chi connectivity index (χ3v) is 5.69. The molecule has 3 atom stereocenters. The number of thioether (sulfide) groups is 1. The van der Waals surface area contributed by atoms with Crippen LogP contribution in [0.4, 0.5) is 4.39 Å². The third-order valence-electron chi connectivity index (χ3n) is 4.47. The highest BCUT2D eigenvalue weighted by molar-refractivity contribution is 7.99. The van der Waals surface area contributed by atoms with Crippen LogP contribution in [0.15, 0.2) is 18.5 Å². The van der Waals surface area contributed by atoms with E-state index < -0.39 is 0 Å². The molecule has 0 saturated carbocycles. The standard InChI is InChI=1S/C15H21FN2OS/c1-17-14(12-6-13(16)9-18-8-12)11-2-4-19-15(7-11)3-5-20-10-15/h6,8-9,11,14,17H,2-5,7,10H2,1H3. The highest BCUT2D eigenvalue weighted by Crippen LogP contribution is 2.43. The van der Waals surface area contributed by atoms with Crippen molar-refractivity contribution in [1.29, 1.82) is 0 Å². The Morgan fingerprint density at radius 2 is 2.45 bits per heavy atom. The number of nitrogens with one attached hydrogen (secondary N) is 1. The molecule has 0 bridgehead atoms. The molecule has 5 heteroatoms. The molecule has 2 fully saturated rings. The van der Waals surface area contributed by atoms with Crippen molar-refractivity contribution in [2.45, 2.75) is 30.9 Å². The molecule has 3 nitrogen and oxygen atoms in total. The van der Waals surface area contributed by atoms with Crippen molar-refractivity contribution in [3.8, 4) is 0 Å². The fourth-order valence-corrected chi connectivity index (χ4v) is 4.86. The van der Waals surface area contributed by atoms with Gasteiger partial charge in [-0.05, 0) is 49.6 Å². The van der Waals surface area contributed by atoms with E-state index in [2.05, 4.69) is 10.3 Å². The number of halogens is 1. The summed E-state index contributed by atoms with van der Waals surface area (Å²) in [5.41, 5.74) is 1.00. The number of rotatable bonds is 3. The molecule has 20 heavy (non-hydrogen) atoms. The summed E-state index contributed by atoms with van der Waals surface area (Å²) in [6.45, 7) is 0.812. The summed E-state index contributed by atoms with van der Waals surface area (Å²) in [5.74, 6) is 2.51. The zero-order chi connectivity index (χ0) is 14.0. The molecule has 1 aromatic rings. The van der Waals surface area contributed by atoms with Gasteiger partial charge in [0.05, 0.1) is 11.8 Å². The average Bonchev–Trinajstić information content (AvgIpc) is 2.88. The van der Waals surface area contributed by atoms with Crippen molar-refractivity contribution in [3.63, 3.8) is 0 Å². The number of nitrogens with zero attached hydrogens (tertiary/aromatic N) is 1. The lowest BCUT2D eigenvalue weighted by Gasteiger charge is -2.41. The van der Waals surface area contributed by atoms with E-state index in [1.54, 1.807) is 12.3 Å². The second-order valence-electron chi connectivity index (χ2n) is 5.79. The summed E-state index contributed by atoms with van der Waals surface area (Å²) in [7, 11) is 1.95. The Kier molecular flexibility index (Phi) is 4.29. The topological polar surface area (TPSA) is 34.2 Å². The Balaban J connectivity index is 1.78. The third kappa shape index (κ3) is 2.85. The SMILES string of the molecule is CNC(c1cncc(F)c1)C1CCOC2(CCSC2)C1. The van der Waals surface area contributed by atoms with Gasteiger partial charge in [0.1, 0.15) is 5.82 Å². The number of hydrogen-bond donors (Lipinski definition) is 1. The van der Waals surface area contributed by atoms with Crippen LogP contribution in [0, 0.1) is 11.7 Å². The lowest BCUT2D eigenvalue weighted by Crippen LogP contribution is -2.43. The van der Waals surface area contributed by atoms with E-state index in [4.69, 9.17) is 4.74 Å². The lowest BCUT2D eigenvalue weighted by atomic mass is 9.79. The molecule has 0 aromatic carbocycles. The summed E-state index contributed by atoms with van der Waals surface area (Å²) >= 11 is 1.98. The number of aromatic nitrogens is 1. The fourth-order valence-electron chi connectivity index (χ4n) is 3.49. The van der Waals surface area contributed by atoms with E-state index in [-0.39, 0.29) is 17.5 Å². The molecule has 0 aliphatic carbocycles. The molecule has 1 N–H and O–H groups in total. The van der Waals surface area contributed by atoms with Gasteiger partial charge in [-0.1, -0.05) is 0 Å². The Labute approximate surface area is 123 Å². The molecular weight excluding hydrogens is 275 g/mol. The van der Waals surface area contributed by atoms with Crippen LogP contribution >= 0.6 is 11.8 Å². The van der Waals surface area contributed by atoms with Crippen LogP contribution in [0.1, 0.15) is 30.9 Å². The summed E-state index contributed by atoms with van der Waals surface area (Å²) < 4.78 is 19.5. The largest absolute Gasteiger partial charge is 0.374 e. The van der Waals surface area contributed by atoms with Crippen LogP contribution < -0.4 is 5.32 Å². The summed E-state index contributed by atoms with van der Waals surface area (Å²) in [5, 5.41) is 3.35. The molecule has 3 rings (SSSR count). The smallest absolute Gasteiger partial charge is 0.141 e. The first-order valence-corrected chi connectivity index (χ1v) is 8.37. The second kappa shape index (κ2) is 6.00. The van der Waals surface area contributed by atoms with Crippen LogP contribution in [0.3, 0.4) is 0 Å². The minimum absolute atomic E-state index is 0.0590. The van der Waals surface area contributed by atoms with E-state index in [1.165, 1.54) is 11.9 Å². The number of hydrogen-bond acceptors (Lipinski definition) is 4. The molecule has 110 valence electrons. The maximum Gasteiger partial charge on any atom is 0.141 e. The quantitative estimate of drug-likeness (QED) is 0.930. The van der Waals surface area contributed by atoms with E-state index in [1.807, 2.05) is 18.8 Å². The van der Waals surface area contributed by atoms with Crippen molar-refractivity contribution >= 4 is 11.8 Å². The van der Waals surface area contributed by atoms with Gasteiger partial charge >= 0.3 is 0 Å². The average molecular weight is 296 g/mol. The summed E-state index contributed by atoms with van der Waals surface area (Å²) in [4.78, 5) is 3.99. The van der Waals surface area contributed by atoms with Gasteiger partial charge in [-0.3, -0.25) is 4.98 Å². The normalized spacial score (nSPS) is 31.6. The minimum atomic E-state index is -0.263. The van der Waals surface area contributed by atoms with Gasteiger partial charge in [0.25, 0.3) is 0 Å². The summed E-state index contributed by atoms with van der Waals surface area (Å²) in [6.07, 6.45) is 6.26. The predicted molar refractivity (Wildman–Crippen MR) is 79.3 cm³/mol. The zero-order valence-electron chi connectivity index (χ0n) is 11.8. The maximum absolute atomic E-state index is 13.4. The second-order valence-corrected chi connectivity index (χ2v) is 6.89. The predicted octanol–water partition coefficient (Wildman–Crippen LogP) is 2.78. The molecule has 1 aromatic heterocycles. The van der Waals surface area contributed by atoms with Crippen LogP contribution in [-0.2, 0) is 4.74 Å². The van der Waals surface area contributed by atoms with Crippen molar-refractivity contribution in [2.24, 2.45) is 5.92 Å². The number of ether oxygens (including phenoxy) is 1. The molecule has 2 aliphatic rings. The first-order valence-electron chi connectivity index (χ1n) is 7.22. The molecule has 0 amide bonds. The van der Waals surface area contributed by atoms with Gasteiger partial charge in [-0.2, -0.15) is 11.8 Å². The van der Waals surface area contributed by atoms with Crippen LogP contribution in [0.25, 0.3) is 0 Å². The van der Waals surface area contributed by atoms with Crippen LogP contribution in [0.5, 0.6) is 0 Å². The molecule has 2 aliphatic heterocycles. The van der Waals surface area contributed by atoms with E-state index in [0.29, 0.717) is 5.92 Å². The van der Waals surface area contributed by atoms with Gasteiger partial charge in [-0.15, -0.1) is 0 Å².